The third-order valence-electron chi connectivity index (χ3n) is 4.32. The molecule has 0 aromatic heterocycles. The Morgan fingerprint density at radius 1 is 0.963 bits per heavy atom. The second-order valence-corrected chi connectivity index (χ2v) is 7.68. The lowest BCUT2D eigenvalue weighted by Gasteiger charge is -2.26. The zero-order valence-electron chi connectivity index (χ0n) is 14.7. The molecule has 7 heteroatoms. The molecule has 1 saturated heterocycles. The van der Waals surface area contributed by atoms with Crippen LogP contribution in [0.5, 0.6) is 0 Å². The summed E-state index contributed by atoms with van der Waals surface area (Å²) in [5, 5.41) is 5.80. The molecule has 0 saturated carbocycles. The van der Waals surface area contributed by atoms with E-state index in [2.05, 4.69) is 26.6 Å². The van der Waals surface area contributed by atoms with Gasteiger partial charge in [0.15, 0.2) is 5.11 Å². The van der Waals surface area contributed by atoms with Crippen molar-refractivity contribution < 1.29 is 9.59 Å². The van der Waals surface area contributed by atoms with Crippen molar-refractivity contribution >= 4 is 50.8 Å². The average molecular weight is 446 g/mol. The molecule has 5 nitrogen and oxygen atoms in total. The minimum absolute atomic E-state index is 0.0300. The molecule has 1 aliphatic heterocycles. The van der Waals surface area contributed by atoms with E-state index in [4.69, 9.17) is 12.2 Å². The summed E-state index contributed by atoms with van der Waals surface area (Å²) in [7, 11) is 0. The molecule has 27 heavy (non-hydrogen) atoms. The van der Waals surface area contributed by atoms with Crippen molar-refractivity contribution in [3.05, 3.63) is 64.1 Å². The number of piperidine rings is 1. The largest absolute Gasteiger partial charge is 0.339 e. The third kappa shape index (κ3) is 5.37. The lowest BCUT2D eigenvalue weighted by Crippen LogP contribution is -2.36. The molecule has 2 aromatic carbocycles. The first-order chi connectivity index (χ1) is 13.0. The van der Waals surface area contributed by atoms with Gasteiger partial charge in [-0.25, -0.2) is 0 Å². The summed E-state index contributed by atoms with van der Waals surface area (Å²) in [5.74, 6) is -0.267. The molecule has 0 spiro atoms. The molecule has 0 aliphatic carbocycles. The van der Waals surface area contributed by atoms with Gasteiger partial charge < -0.3 is 10.2 Å². The van der Waals surface area contributed by atoms with E-state index in [0.717, 1.165) is 30.4 Å². The Bertz CT molecular complexity index is 866. The van der Waals surface area contributed by atoms with Crippen LogP contribution < -0.4 is 10.6 Å². The Kier molecular flexibility index (Phi) is 6.58. The number of thiocarbonyl (C=S) groups is 1. The number of carbonyl (C=O) groups excluding carboxylic acids is 2. The third-order valence-corrected chi connectivity index (χ3v) is 5.02. The van der Waals surface area contributed by atoms with Gasteiger partial charge in [0.05, 0.1) is 0 Å². The minimum Gasteiger partial charge on any atom is -0.339 e. The lowest BCUT2D eigenvalue weighted by atomic mass is 10.1. The van der Waals surface area contributed by atoms with Crippen molar-refractivity contribution in [1.82, 2.24) is 10.2 Å². The molecule has 0 atom stereocenters. The standard InChI is InChI=1S/C20H20BrN3O2S/c21-16-8-4-6-14(12-16)18(25)23-20(27)22-17-9-5-7-15(13-17)19(26)24-10-2-1-3-11-24/h4-9,12-13H,1-3,10-11H2,(H2,22,23,25,27). The van der Waals surface area contributed by atoms with E-state index >= 15 is 0 Å². The molecule has 3 rings (SSSR count). The van der Waals surface area contributed by atoms with Crippen LogP contribution in [0.25, 0.3) is 0 Å². The first kappa shape index (κ1) is 19.5. The minimum atomic E-state index is -0.297. The van der Waals surface area contributed by atoms with Gasteiger partial charge in [0.1, 0.15) is 0 Å². The number of halogens is 1. The predicted octanol–water partition coefficient (Wildman–Crippen LogP) is 4.20. The molecule has 140 valence electrons. The summed E-state index contributed by atoms with van der Waals surface area (Å²) >= 11 is 8.57. The van der Waals surface area contributed by atoms with Crippen LogP contribution in [0.3, 0.4) is 0 Å². The van der Waals surface area contributed by atoms with E-state index in [9.17, 15) is 9.59 Å². The number of amides is 2. The second-order valence-electron chi connectivity index (χ2n) is 6.35. The zero-order valence-corrected chi connectivity index (χ0v) is 17.1. The molecular formula is C20H20BrN3O2S. The number of hydrogen-bond donors (Lipinski definition) is 2. The second kappa shape index (κ2) is 9.10. The summed E-state index contributed by atoms with van der Waals surface area (Å²) < 4.78 is 0.818. The fourth-order valence-corrected chi connectivity index (χ4v) is 3.59. The van der Waals surface area contributed by atoms with Crippen LogP contribution in [0.15, 0.2) is 53.0 Å². The van der Waals surface area contributed by atoms with E-state index in [0.29, 0.717) is 16.8 Å². The number of nitrogens with one attached hydrogen (secondary N) is 2. The van der Waals surface area contributed by atoms with Crippen LogP contribution in [-0.2, 0) is 0 Å². The summed E-state index contributed by atoms with van der Waals surface area (Å²) in [6, 6.07) is 14.2. The zero-order chi connectivity index (χ0) is 19.2. The molecule has 1 heterocycles. The molecule has 1 fully saturated rings. The Labute approximate surface area is 172 Å². The summed E-state index contributed by atoms with van der Waals surface area (Å²) in [6.45, 7) is 1.61. The van der Waals surface area contributed by atoms with Gasteiger partial charge in [-0.3, -0.25) is 14.9 Å². The number of carbonyl (C=O) groups is 2. The van der Waals surface area contributed by atoms with Gasteiger partial charge >= 0.3 is 0 Å². The molecular weight excluding hydrogens is 426 g/mol. The molecule has 2 N–H and O–H groups in total. The maximum absolute atomic E-state index is 12.6. The number of benzene rings is 2. The average Bonchev–Trinajstić information content (AvgIpc) is 2.68. The fraction of sp³-hybridized carbons (Fsp3) is 0.250. The quantitative estimate of drug-likeness (QED) is 0.694. The number of hydrogen-bond acceptors (Lipinski definition) is 3. The highest BCUT2D eigenvalue weighted by atomic mass is 79.9. The predicted molar refractivity (Wildman–Crippen MR) is 114 cm³/mol. The van der Waals surface area contributed by atoms with Gasteiger partial charge in [0, 0.05) is 34.4 Å². The first-order valence-corrected chi connectivity index (χ1v) is 10.0. The van der Waals surface area contributed by atoms with E-state index in [1.807, 2.05) is 17.0 Å². The topological polar surface area (TPSA) is 61.4 Å². The van der Waals surface area contributed by atoms with Crippen molar-refractivity contribution in [2.75, 3.05) is 18.4 Å². The van der Waals surface area contributed by atoms with E-state index in [-0.39, 0.29) is 16.9 Å². The molecule has 2 aromatic rings. The SMILES string of the molecule is O=C(NC(=S)Nc1cccc(C(=O)N2CCCCC2)c1)c1cccc(Br)c1. The van der Waals surface area contributed by atoms with Gasteiger partial charge in [0.2, 0.25) is 0 Å². The Hall–Kier alpha value is -2.25. The van der Waals surface area contributed by atoms with E-state index in [1.54, 1.807) is 36.4 Å². The molecule has 2 amide bonds. The van der Waals surface area contributed by atoms with Crippen LogP contribution >= 0.6 is 28.1 Å². The maximum atomic E-state index is 12.6. The lowest BCUT2D eigenvalue weighted by molar-refractivity contribution is 0.0724. The first-order valence-electron chi connectivity index (χ1n) is 8.80. The number of likely N-dealkylation sites (tertiary alicyclic amines) is 1. The molecule has 0 radical (unpaired) electrons. The number of anilines is 1. The van der Waals surface area contributed by atoms with Gasteiger partial charge in [0.25, 0.3) is 11.8 Å². The van der Waals surface area contributed by atoms with Crippen molar-refractivity contribution in [3.63, 3.8) is 0 Å². The van der Waals surface area contributed by atoms with Crippen LogP contribution in [0.4, 0.5) is 5.69 Å². The van der Waals surface area contributed by atoms with Crippen molar-refractivity contribution in [2.45, 2.75) is 19.3 Å². The summed E-state index contributed by atoms with van der Waals surface area (Å²) in [4.78, 5) is 26.8. The molecule has 0 bridgehead atoms. The highest BCUT2D eigenvalue weighted by Gasteiger charge is 2.18. The van der Waals surface area contributed by atoms with Gasteiger partial charge in [-0.1, -0.05) is 28.1 Å². The molecule has 0 unspecified atom stereocenters. The van der Waals surface area contributed by atoms with Crippen molar-refractivity contribution in [3.8, 4) is 0 Å². The monoisotopic (exact) mass is 445 g/mol. The smallest absolute Gasteiger partial charge is 0.257 e. The van der Waals surface area contributed by atoms with Crippen LogP contribution in [0.1, 0.15) is 40.0 Å². The summed E-state index contributed by atoms with van der Waals surface area (Å²) in [5.41, 5.74) is 1.78. The number of nitrogens with zero attached hydrogens (tertiary/aromatic N) is 1. The number of rotatable bonds is 3. The maximum Gasteiger partial charge on any atom is 0.257 e. The highest BCUT2D eigenvalue weighted by molar-refractivity contribution is 9.10. The van der Waals surface area contributed by atoms with Crippen molar-refractivity contribution in [2.24, 2.45) is 0 Å². The van der Waals surface area contributed by atoms with E-state index in [1.165, 1.54) is 6.42 Å². The Morgan fingerprint density at radius 3 is 2.41 bits per heavy atom. The van der Waals surface area contributed by atoms with Gasteiger partial charge in [-0.2, -0.15) is 0 Å². The Morgan fingerprint density at radius 2 is 1.67 bits per heavy atom. The van der Waals surface area contributed by atoms with Crippen LogP contribution in [0.2, 0.25) is 0 Å². The fourth-order valence-electron chi connectivity index (χ4n) is 2.98. The van der Waals surface area contributed by atoms with Crippen molar-refractivity contribution in [1.29, 1.82) is 0 Å². The van der Waals surface area contributed by atoms with Gasteiger partial charge in [-0.15, -0.1) is 0 Å². The normalized spacial score (nSPS) is 13.7. The molecule has 1 aliphatic rings. The van der Waals surface area contributed by atoms with Crippen LogP contribution in [0, 0.1) is 0 Å². The Balaban J connectivity index is 1.62. The van der Waals surface area contributed by atoms with E-state index < -0.39 is 0 Å². The summed E-state index contributed by atoms with van der Waals surface area (Å²) in [6.07, 6.45) is 3.28. The van der Waals surface area contributed by atoms with Gasteiger partial charge in [-0.05, 0) is 67.9 Å². The highest BCUT2D eigenvalue weighted by Crippen LogP contribution is 2.16. The van der Waals surface area contributed by atoms with Crippen LogP contribution in [-0.4, -0.2) is 34.9 Å².